The molecule has 0 unspecified atom stereocenters. The summed E-state index contributed by atoms with van der Waals surface area (Å²) in [6.07, 6.45) is 0. The third kappa shape index (κ3) is 5.55. The fourth-order valence-electron chi connectivity index (χ4n) is 1.69. The second-order valence-corrected chi connectivity index (χ2v) is 7.22. The van der Waals surface area contributed by atoms with Gasteiger partial charge in [0.15, 0.2) is 0 Å². The first-order valence-electron chi connectivity index (χ1n) is 6.05. The molecule has 0 atom stereocenters. The van der Waals surface area contributed by atoms with Gasteiger partial charge in [-0.1, -0.05) is 0 Å². The summed E-state index contributed by atoms with van der Waals surface area (Å²) in [6.45, 7) is 0.998. The number of H-pyrrole nitrogens is 1. The summed E-state index contributed by atoms with van der Waals surface area (Å²) in [5, 5.41) is 0. The SMILES string of the molecule is CN(C)CCSCc1nc2ccc(S(=O)(=O)O)cc2[nH]1.[Na]. The Morgan fingerprint density at radius 2 is 2.10 bits per heavy atom. The van der Waals surface area contributed by atoms with E-state index in [1.807, 2.05) is 14.1 Å². The molecule has 0 spiro atoms. The van der Waals surface area contributed by atoms with E-state index in [9.17, 15) is 8.42 Å². The quantitative estimate of drug-likeness (QED) is 0.468. The van der Waals surface area contributed by atoms with Crippen molar-refractivity contribution in [2.24, 2.45) is 0 Å². The molecule has 0 fully saturated rings. The average Bonchev–Trinajstić information content (AvgIpc) is 2.74. The van der Waals surface area contributed by atoms with Crippen LogP contribution in [-0.2, 0) is 15.9 Å². The Labute approximate surface area is 150 Å². The maximum atomic E-state index is 11.1. The summed E-state index contributed by atoms with van der Waals surface area (Å²) in [5.74, 6) is 2.54. The van der Waals surface area contributed by atoms with Crippen LogP contribution in [-0.4, -0.2) is 83.8 Å². The van der Waals surface area contributed by atoms with Crippen LogP contribution in [0.5, 0.6) is 0 Å². The minimum Gasteiger partial charge on any atom is -0.341 e. The Kier molecular flexibility index (Phi) is 7.18. The van der Waals surface area contributed by atoms with Crippen LogP contribution in [0, 0.1) is 0 Å². The Balaban J connectivity index is 0.00000220. The Morgan fingerprint density at radius 3 is 2.71 bits per heavy atom. The zero-order chi connectivity index (χ0) is 14.8. The van der Waals surface area contributed by atoms with Crippen molar-refractivity contribution in [3.8, 4) is 0 Å². The molecular weight excluding hydrogens is 321 g/mol. The molecular formula is C12H17N3NaO3S2. The second kappa shape index (κ2) is 7.96. The van der Waals surface area contributed by atoms with Gasteiger partial charge >= 0.3 is 0 Å². The Morgan fingerprint density at radius 1 is 1.38 bits per heavy atom. The van der Waals surface area contributed by atoms with Gasteiger partial charge in [0.1, 0.15) is 5.82 Å². The number of thioether (sulfide) groups is 1. The van der Waals surface area contributed by atoms with E-state index in [1.54, 1.807) is 17.8 Å². The molecule has 6 nitrogen and oxygen atoms in total. The molecule has 0 saturated carbocycles. The van der Waals surface area contributed by atoms with Crippen LogP contribution in [0.2, 0.25) is 0 Å². The molecule has 0 bridgehead atoms. The van der Waals surface area contributed by atoms with E-state index in [0.29, 0.717) is 11.0 Å². The molecule has 111 valence electrons. The predicted molar refractivity (Wildman–Crippen MR) is 86.4 cm³/mol. The van der Waals surface area contributed by atoms with Gasteiger partial charge in [-0.05, 0) is 32.3 Å². The maximum Gasteiger partial charge on any atom is 0.294 e. The summed E-state index contributed by atoms with van der Waals surface area (Å²) in [4.78, 5) is 9.45. The largest absolute Gasteiger partial charge is 0.341 e. The van der Waals surface area contributed by atoms with Gasteiger partial charge in [-0.15, -0.1) is 0 Å². The minimum absolute atomic E-state index is 0. The van der Waals surface area contributed by atoms with E-state index in [4.69, 9.17) is 4.55 Å². The van der Waals surface area contributed by atoms with Gasteiger partial charge in [-0.2, -0.15) is 20.2 Å². The summed E-state index contributed by atoms with van der Waals surface area (Å²) < 4.78 is 31.2. The van der Waals surface area contributed by atoms with Gasteiger partial charge in [0, 0.05) is 41.9 Å². The summed E-state index contributed by atoms with van der Waals surface area (Å²) in [7, 11) is -0.121. The summed E-state index contributed by atoms with van der Waals surface area (Å²) >= 11 is 1.76. The molecule has 2 aromatic rings. The van der Waals surface area contributed by atoms with Crippen molar-refractivity contribution < 1.29 is 13.0 Å². The van der Waals surface area contributed by atoms with Crippen LogP contribution in [0.4, 0.5) is 0 Å². The fourth-order valence-corrected chi connectivity index (χ4v) is 3.16. The first kappa shape index (κ1) is 19.0. The number of nitrogens with one attached hydrogen (secondary N) is 1. The van der Waals surface area contributed by atoms with Gasteiger partial charge in [0.05, 0.1) is 21.7 Å². The van der Waals surface area contributed by atoms with Crippen molar-refractivity contribution in [2.45, 2.75) is 10.6 Å². The molecule has 0 aliphatic heterocycles. The van der Waals surface area contributed by atoms with Gasteiger partial charge < -0.3 is 9.88 Å². The van der Waals surface area contributed by atoms with Crippen molar-refractivity contribution in [3.63, 3.8) is 0 Å². The van der Waals surface area contributed by atoms with Crippen molar-refractivity contribution in [2.75, 3.05) is 26.4 Å². The molecule has 0 aliphatic carbocycles. The molecule has 21 heavy (non-hydrogen) atoms. The summed E-state index contributed by atoms with van der Waals surface area (Å²) in [5.41, 5.74) is 1.31. The summed E-state index contributed by atoms with van der Waals surface area (Å²) in [6, 6.07) is 4.33. The number of fused-ring (bicyclic) bond motifs is 1. The van der Waals surface area contributed by atoms with E-state index >= 15 is 0 Å². The third-order valence-electron chi connectivity index (χ3n) is 2.72. The Hall–Kier alpha value is -0.0900. The molecule has 0 aliphatic rings. The number of imidazole rings is 1. The van der Waals surface area contributed by atoms with Gasteiger partial charge in [0.25, 0.3) is 10.1 Å². The van der Waals surface area contributed by atoms with E-state index in [1.165, 1.54) is 12.1 Å². The number of nitrogens with zero attached hydrogens (tertiary/aromatic N) is 2. The smallest absolute Gasteiger partial charge is 0.294 e. The monoisotopic (exact) mass is 338 g/mol. The second-order valence-electron chi connectivity index (χ2n) is 4.69. The van der Waals surface area contributed by atoms with Crippen LogP contribution >= 0.6 is 11.8 Å². The van der Waals surface area contributed by atoms with E-state index in [0.717, 1.165) is 23.9 Å². The van der Waals surface area contributed by atoms with Crippen LogP contribution in [0.15, 0.2) is 23.1 Å². The van der Waals surface area contributed by atoms with Crippen molar-refractivity contribution >= 4 is 62.5 Å². The molecule has 2 rings (SSSR count). The van der Waals surface area contributed by atoms with Crippen LogP contribution in [0.25, 0.3) is 11.0 Å². The molecule has 0 saturated heterocycles. The minimum atomic E-state index is -4.17. The van der Waals surface area contributed by atoms with E-state index < -0.39 is 10.1 Å². The van der Waals surface area contributed by atoms with Crippen LogP contribution in [0.3, 0.4) is 0 Å². The number of benzene rings is 1. The fraction of sp³-hybridized carbons (Fsp3) is 0.417. The number of hydrogen-bond acceptors (Lipinski definition) is 5. The van der Waals surface area contributed by atoms with Gasteiger partial charge in [-0.3, -0.25) is 4.55 Å². The molecule has 1 heterocycles. The molecule has 1 aromatic carbocycles. The first-order chi connectivity index (χ1) is 9.36. The zero-order valence-electron chi connectivity index (χ0n) is 12.3. The van der Waals surface area contributed by atoms with Crippen LogP contribution < -0.4 is 0 Å². The van der Waals surface area contributed by atoms with E-state index in [2.05, 4.69) is 14.9 Å². The predicted octanol–water partition coefficient (Wildman–Crippen LogP) is 1.22. The molecule has 9 heteroatoms. The molecule has 1 aromatic heterocycles. The first-order valence-corrected chi connectivity index (χ1v) is 8.64. The molecule has 2 N–H and O–H groups in total. The molecule has 1 radical (unpaired) electrons. The van der Waals surface area contributed by atoms with Gasteiger partial charge in [0.2, 0.25) is 0 Å². The Bertz CT molecular complexity index is 701. The normalized spacial score (nSPS) is 11.8. The van der Waals surface area contributed by atoms with E-state index in [-0.39, 0.29) is 34.5 Å². The number of aromatic nitrogens is 2. The average molecular weight is 338 g/mol. The maximum absolute atomic E-state index is 11.1. The van der Waals surface area contributed by atoms with Crippen molar-refractivity contribution in [3.05, 3.63) is 24.0 Å². The van der Waals surface area contributed by atoms with Gasteiger partial charge in [-0.25, -0.2) is 4.98 Å². The number of rotatable bonds is 6. The van der Waals surface area contributed by atoms with Crippen molar-refractivity contribution in [1.29, 1.82) is 0 Å². The van der Waals surface area contributed by atoms with Crippen molar-refractivity contribution in [1.82, 2.24) is 14.9 Å². The number of aromatic amines is 1. The van der Waals surface area contributed by atoms with Crippen LogP contribution in [0.1, 0.15) is 5.82 Å². The number of hydrogen-bond donors (Lipinski definition) is 2. The standard InChI is InChI=1S/C12H17N3O3S2.Na/c1-15(2)5-6-19-8-12-13-10-4-3-9(20(16,17)18)7-11(10)14-12;/h3-4,7H,5-6,8H2,1-2H3,(H,13,14)(H,16,17,18);. The molecule has 0 amide bonds. The topological polar surface area (TPSA) is 86.3 Å². The third-order valence-corrected chi connectivity index (χ3v) is 4.52. The zero-order valence-corrected chi connectivity index (χ0v) is 16.0.